The largest absolute Gasteiger partial charge is 0.314 e. The van der Waals surface area contributed by atoms with Crippen molar-refractivity contribution in [1.29, 1.82) is 0 Å². The maximum Gasteiger partial charge on any atom is 0.0428 e. The van der Waals surface area contributed by atoms with E-state index in [9.17, 15) is 0 Å². The number of rotatable bonds is 0. The smallest absolute Gasteiger partial charge is 0.0428 e. The van der Waals surface area contributed by atoms with Crippen molar-refractivity contribution in [2.75, 3.05) is 6.50 Å². The Bertz CT molecular complexity index is 419. The van der Waals surface area contributed by atoms with Crippen molar-refractivity contribution in [3.05, 3.63) is 0 Å². The van der Waals surface area contributed by atoms with Crippen LogP contribution in [-0.2, 0) is 0 Å². The third-order valence-corrected chi connectivity index (χ3v) is 0.693. The molecule has 1 aliphatic rings. The van der Waals surface area contributed by atoms with Crippen molar-refractivity contribution in [3.8, 4) is 0 Å². The van der Waals surface area contributed by atoms with E-state index in [1.807, 2.05) is 0 Å². The predicted octanol–water partition coefficient (Wildman–Crippen LogP) is 1.39. The van der Waals surface area contributed by atoms with Crippen molar-refractivity contribution in [1.82, 2.24) is 5.32 Å². The molecule has 0 bridgehead atoms. The zero-order valence-corrected chi connectivity index (χ0v) is 4.08. The van der Waals surface area contributed by atoms with Crippen LogP contribution in [-0.4, -0.2) is 12.5 Å². The Hall–Kier alpha value is -0.0400. The van der Waals surface area contributed by atoms with E-state index < -0.39 is 44.9 Å². The summed E-state index contributed by atoms with van der Waals surface area (Å²) < 4.78 is 97.4. The molecule has 1 N–H and O–H groups in total. The summed E-state index contributed by atoms with van der Waals surface area (Å²) in [6.45, 7) is -9.96. The highest BCUT2D eigenvalue weighted by Gasteiger charge is 2.12. The van der Waals surface area contributed by atoms with E-state index in [2.05, 4.69) is 0 Å². The highest BCUT2D eigenvalue weighted by atomic mass is 14.9. The Labute approximate surface area is 69.7 Å². The Morgan fingerprint density at radius 2 is 2.88 bits per heavy atom. The molecule has 2 atom stereocenters. The van der Waals surface area contributed by atoms with Gasteiger partial charge in [-0.3, -0.25) is 0 Å². The summed E-state index contributed by atoms with van der Waals surface area (Å²) in [5, 5.41) is 1.69. The average Bonchev–Trinajstić information content (AvgIpc) is 2.19. The fourth-order valence-electron chi connectivity index (χ4n) is 0.387. The summed E-state index contributed by atoms with van der Waals surface area (Å²) in [4.78, 5) is 0. The molecule has 1 heterocycles. The van der Waals surface area contributed by atoms with Crippen LogP contribution < -0.4 is 5.32 Å². The molecule has 0 spiro atoms. The molecule has 0 amide bonds. The van der Waals surface area contributed by atoms with E-state index in [0.717, 1.165) is 0 Å². The normalized spacial score (nSPS) is 95.0. The minimum absolute atomic E-state index is 1.69. The van der Waals surface area contributed by atoms with Crippen LogP contribution in [0.5, 0.6) is 0 Å². The molecule has 1 nitrogen and oxygen atoms in total. The second-order valence-electron chi connectivity index (χ2n) is 1.35. The molecule has 1 saturated heterocycles. The van der Waals surface area contributed by atoms with E-state index in [0.29, 0.717) is 0 Å². The average molecular weight is 126 g/mol. The van der Waals surface area contributed by atoms with Crippen LogP contribution in [0.4, 0.5) is 0 Å². The van der Waals surface area contributed by atoms with Gasteiger partial charge in [0.25, 0.3) is 0 Å². The van der Waals surface area contributed by atoms with Crippen molar-refractivity contribution in [2.24, 2.45) is 5.89 Å². The van der Waals surface area contributed by atoms with Gasteiger partial charge >= 0.3 is 0 Å². The monoisotopic (exact) mass is 126 g/mol. The van der Waals surface area contributed by atoms with E-state index in [-0.39, 0.29) is 0 Å². The SMILES string of the molecule is [2H]C([2H])([2H])C1NC([2H])([2H])C([2H])([2H])C([2H])(C([2H])([2H])[2H])C1([2H])[2H]. The summed E-state index contributed by atoms with van der Waals surface area (Å²) in [6, 6.07) is -2.35. The zero-order valence-electron chi connectivity index (χ0n) is 17.1. The van der Waals surface area contributed by atoms with E-state index in [4.69, 9.17) is 17.8 Å². The molecular formula is C7H15N. The quantitative estimate of drug-likeness (QED) is 0.517. The van der Waals surface area contributed by atoms with Gasteiger partial charge in [0.1, 0.15) is 0 Å². The first-order chi connectivity index (χ1) is 8.84. The summed E-state index contributed by atoms with van der Waals surface area (Å²) in [6.07, 6.45) is -6.88. The van der Waals surface area contributed by atoms with Crippen LogP contribution in [0.3, 0.4) is 0 Å². The second-order valence-corrected chi connectivity index (χ2v) is 1.35. The van der Waals surface area contributed by atoms with Crippen LogP contribution in [0.25, 0.3) is 0 Å². The van der Waals surface area contributed by atoms with Gasteiger partial charge in [0.05, 0.1) is 0 Å². The predicted molar refractivity (Wildman–Crippen MR) is 35.9 cm³/mol. The Kier molecular flexibility index (Phi) is 0.273. The summed E-state index contributed by atoms with van der Waals surface area (Å²) in [5.74, 6) is -3.61. The molecule has 8 heavy (non-hydrogen) atoms. The second kappa shape index (κ2) is 2.49. The van der Waals surface area contributed by atoms with Gasteiger partial charge in [-0.25, -0.2) is 0 Å². The minimum Gasteiger partial charge on any atom is -0.314 e. The van der Waals surface area contributed by atoms with E-state index >= 15 is 0 Å². The van der Waals surface area contributed by atoms with Gasteiger partial charge in [-0.1, -0.05) is 6.85 Å². The van der Waals surface area contributed by atoms with Gasteiger partial charge in [0, 0.05) is 23.9 Å². The molecule has 1 fully saturated rings. The lowest BCUT2D eigenvalue weighted by atomic mass is 9.96. The molecule has 0 aromatic rings. The number of piperidine rings is 1. The van der Waals surface area contributed by atoms with Gasteiger partial charge in [0.2, 0.25) is 0 Å². The molecule has 1 aliphatic heterocycles. The minimum atomic E-state index is -3.61. The molecule has 0 aromatic heterocycles. The van der Waals surface area contributed by atoms with E-state index in [1.165, 1.54) is 0 Å². The number of hydrogen-bond donors (Lipinski definition) is 1. The Morgan fingerprint density at radius 1 is 1.88 bits per heavy atom. The van der Waals surface area contributed by atoms with Crippen molar-refractivity contribution in [2.45, 2.75) is 32.5 Å². The molecule has 0 saturated carbocycles. The fraction of sp³-hybridized carbons (Fsp3) is 1.00. The molecular weight excluding hydrogens is 98.1 g/mol. The van der Waals surface area contributed by atoms with Crippen LogP contribution in [0, 0.1) is 5.89 Å². The maximum absolute atomic E-state index is 7.90. The topological polar surface area (TPSA) is 12.0 Å². The third kappa shape index (κ3) is 1.48. The zero-order chi connectivity index (χ0) is 17.3. The molecule has 1 heteroatoms. The molecule has 0 aromatic carbocycles. The lowest BCUT2D eigenvalue weighted by Crippen LogP contribution is -2.34. The van der Waals surface area contributed by atoms with Gasteiger partial charge < -0.3 is 5.32 Å². The van der Waals surface area contributed by atoms with Crippen LogP contribution in [0.1, 0.15) is 44.3 Å². The first-order valence-electron chi connectivity index (χ1n) is 8.62. The third-order valence-electron chi connectivity index (χ3n) is 0.693. The first kappa shape index (κ1) is 0.878. The summed E-state index contributed by atoms with van der Waals surface area (Å²) >= 11 is 0. The fourth-order valence-corrected chi connectivity index (χ4v) is 0.387. The van der Waals surface area contributed by atoms with Gasteiger partial charge in [0.15, 0.2) is 0 Å². The highest BCUT2D eigenvalue weighted by Crippen LogP contribution is 2.13. The highest BCUT2D eigenvalue weighted by molar-refractivity contribution is 4.71. The molecule has 2 unspecified atom stereocenters. The van der Waals surface area contributed by atoms with E-state index in [1.54, 1.807) is 5.32 Å². The van der Waals surface area contributed by atoms with Crippen molar-refractivity contribution >= 4 is 0 Å². The van der Waals surface area contributed by atoms with Gasteiger partial charge in [-0.2, -0.15) is 0 Å². The van der Waals surface area contributed by atoms with Gasteiger partial charge in [-0.15, -0.1) is 0 Å². The van der Waals surface area contributed by atoms with Crippen LogP contribution in [0.15, 0.2) is 0 Å². The first-order valence-corrected chi connectivity index (χ1v) is 2.12. The van der Waals surface area contributed by atoms with Crippen molar-refractivity contribution < 1.29 is 17.8 Å². The summed E-state index contributed by atoms with van der Waals surface area (Å²) in [7, 11) is 0. The lowest BCUT2D eigenvalue weighted by molar-refractivity contribution is 0.336. The summed E-state index contributed by atoms with van der Waals surface area (Å²) in [5.41, 5.74) is 0. The molecule has 0 aliphatic carbocycles. The standard InChI is InChI=1S/C7H15N/c1-6-3-4-8-7(2)5-6/h6-8H,3-5H2,1-2H3/i1D3,2D3,3D2,4D2,5D2,6D. The van der Waals surface area contributed by atoms with Gasteiger partial charge in [-0.05, 0) is 32.0 Å². The lowest BCUT2D eigenvalue weighted by Gasteiger charge is -2.24. The Balaban J connectivity index is 3.70. The van der Waals surface area contributed by atoms with Crippen molar-refractivity contribution in [3.63, 3.8) is 0 Å². The van der Waals surface area contributed by atoms with Crippen LogP contribution in [0.2, 0.25) is 0 Å². The molecule has 48 valence electrons. The molecule has 0 radical (unpaired) electrons. The number of nitrogens with one attached hydrogen (secondary N) is 1. The number of hydrogen-bond acceptors (Lipinski definition) is 1. The Morgan fingerprint density at radius 3 is 3.62 bits per heavy atom. The molecule has 1 rings (SSSR count). The van der Waals surface area contributed by atoms with Crippen LogP contribution >= 0.6 is 0 Å². The maximum atomic E-state index is 7.90.